The number of nitro benzene ring substituents is 1. The summed E-state index contributed by atoms with van der Waals surface area (Å²) in [5, 5.41) is 13.7. The Hall–Kier alpha value is -4.25. The van der Waals surface area contributed by atoms with Crippen LogP contribution in [0.4, 0.5) is 17.1 Å². The third kappa shape index (κ3) is 4.36. The third-order valence-corrected chi connectivity index (χ3v) is 5.16. The topological polar surface area (TPSA) is 63.5 Å². The number of allylic oxidation sites excluding steroid dienone is 1. The fourth-order valence-corrected chi connectivity index (χ4v) is 3.48. The summed E-state index contributed by atoms with van der Waals surface area (Å²) in [5.41, 5.74) is 2.47. The lowest BCUT2D eigenvalue weighted by Gasteiger charge is -2.19. The number of para-hydroxylation sites is 1. The van der Waals surface area contributed by atoms with Gasteiger partial charge in [0.2, 0.25) is 0 Å². The molecule has 0 saturated carbocycles. The molecule has 4 rings (SSSR count). The molecule has 0 aliphatic carbocycles. The molecule has 0 bridgehead atoms. The number of benzene rings is 4. The summed E-state index contributed by atoms with van der Waals surface area (Å²) in [6.45, 7) is 0. The van der Waals surface area contributed by atoms with Gasteiger partial charge in [-0.05, 0) is 46.7 Å². The van der Waals surface area contributed by atoms with Gasteiger partial charge in [0.05, 0.1) is 4.92 Å². The molecule has 0 unspecified atom stereocenters. The number of nitrogens with zero attached hydrogens (tertiary/aromatic N) is 2. The fourth-order valence-electron chi connectivity index (χ4n) is 3.48. The molecule has 0 aliphatic rings. The van der Waals surface area contributed by atoms with Gasteiger partial charge >= 0.3 is 0 Å². The van der Waals surface area contributed by atoms with Crippen LogP contribution in [0.3, 0.4) is 0 Å². The quantitative estimate of drug-likeness (QED) is 0.160. The van der Waals surface area contributed by atoms with Crippen LogP contribution < -0.4 is 4.90 Å². The second kappa shape index (κ2) is 8.63. The van der Waals surface area contributed by atoms with E-state index < -0.39 is 4.92 Å². The van der Waals surface area contributed by atoms with Crippen molar-refractivity contribution in [2.45, 2.75) is 0 Å². The van der Waals surface area contributed by atoms with Crippen molar-refractivity contribution >= 4 is 39.7 Å². The summed E-state index contributed by atoms with van der Waals surface area (Å²) >= 11 is 0. The lowest BCUT2D eigenvalue weighted by Crippen LogP contribution is -2.11. The lowest BCUT2D eigenvalue weighted by molar-refractivity contribution is -0.384. The van der Waals surface area contributed by atoms with E-state index in [1.807, 2.05) is 66.7 Å². The van der Waals surface area contributed by atoms with Gasteiger partial charge in [0, 0.05) is 24.4 Å². The van der Waals surface area contributed by atoms with E-state index in [0.717, 1.165) is 16.5 Å². The Morgan fingerprint density at radius 1 is 0.871 bits per heavy atom. The summed E-state index contributed by atoms with van der Waals surface area (Å²) in [4.78, 5) is 25.7. The molecular formula is C26H20N2O3. The minimum Gasteiger partial charge on any atom is -0.339 e. The van der Waals surface area contributed by atoms with E-state index in [-0.39, 0.29) is 11.5 Å². The van der Waals surface area contributed by atoms with Crippen LogP contribution in [-0.4, -0.2) is 17.8 Å². The minimum atomic E-state index is -0.405. The van der Waals surface area contributed by atoms with E-state index in [1.165, 1.54) is 12.1 Å². The Balaban J connectivity index is 1.60. The SMILES string of the molecule is CN(c1ccccc1)c1ccc(C=CC(=O)c2ccc3ccccc3c2)cc1[N+](=O)[O-]. The highest BCUT2D eigenvalue weighted by atomic mass is 16.6. The molecular weight excluding hydrogens is 388 g/mol. The molecule has 5 nitrogen and oxygen atoms in total. The van der Waals surface area contributed by atoms with Crippen LogP contribution in [0.1, 0.15) is 15.9 Å². The smallest absolute Gasteiger partial charge is 0.293 e. The maximum Gasteiger partial charge on any atom is 0.293 e. The average molecular weight is 408 g/mol. The van der Waals surface area contributed by atoms with Gasteiger partial charge in [0.25, 0.3) is 5.69 Å². The van der Waals surface area contributed by atoms with Gasteiger partial charge in [0.1, 0.15) is 5.69 Å². The Kier molecular flexibility index (Phi) is 5.58. The maximum absolute atomic E-state index is 12.6. The summed E-state index contributed by atoms with van der Waals surface area (Å²) in [5.74, 6) is -0.154. The Morgan fingerprint density at radius 2 is 1.58 bits per heavy atom. The molecule has 31 heavy (non-hydrogen) atoms. The molecule has 0 radical (unpaired) electrons. The van der Waals surface area contributed by atoms with Gasteiger partial charge in [-0.3, -0.25) is 14.9 Å². The van der Waals surface area contributed by atoms with Crippen molar-refractivity contribution in [2.75, 3.05) is 11.9 Å². The Morgan fingerprint density at radius 3 is 2.32 bits per heavy atom. The highest BCUT2D eigenvalue weighted by molar-refractivity contribution is 6.08. The van der Waals surface area contributed by atoms with Gasteiger partial charge in [0.15, 0.2) is 5.78 Å². The van der Waals surface area contributed by atoms with E-state index in [2.05, 4.69) is 0 Å². The molecule has 4 aromatic carbocycles. The summed E-state index contributed by atoms with van der Waals surface area (Å²) in [7, 11) is 1.79. The second-order valence-corrected chi connectivity index (χ2v) is 7.16. The van der Waals surface area contributed by atoms with Crippen molar-refractivity contribution in [3.8, 4) is 0 Å². The third-order valence-electron chi connectivity index (χ3n) is 5.16. The second-order valence-electron chi connectivity index (χ2n) is 7.16. The number of carbonyl (C=O) groups excluding carboxylic acids is 1. The highest BCUT2D eigenvalue weighted by Crippen LogP contribution is 2.33. The van der Waals surface area contributed by atoms with Crippen molar-refractivity contribution in [3.63, 3.8) is 0 Å². The van der Waals surface area contributed by atoms with Gasteiger partial charge in [-0.15, -0.1) is 0 Å². The number of hydrogen-bond donors (Lipinski definition) is 0. The van der Waals surface area contributed by atoms with Crippen LogP contribution in [0.2, 0.25) is 0 Å². The summed E-state index contributed by atoms with van der Waals surface area (Å²) in [6, 6.07) is 27.8. The first-order valence-electron chi connectivity index (χ1n) is 9.81. The van der Waals surface area contributed by atoms with Crippen molar-refractivity contribution < 1.29 is 9.72 Å². The van der Waals surface area contributed by atoms with Crippen LogP contribution >= 0.6 is 0 Å². The van der Waals surface area contributed by atoms with Gasteiger partial charge < -0.3 is 4.90 Å². The summed E-state index contributed by atoms with van der Waals surface area (Å²) in [6.07, 6.45) is 3.06. The molecule has 0 aromatic heterocycles. The standard InChI is InChI=1S/C26H20N2O3/c1-27(23-9-3-2-4-10-23)24-15-11-19(17-25(24)28(30)31)12-16-26(29)22-14-13-20-7-5-6-8-21(20)18-22/h2-18H,1H3. The first kappa shape index (κ1) is 20.0. The molecule has 0 heterocycles. The van der Waals surface area contributed by atoms with E-state index in [0.29, 0.717) is 16.8 Å². The average Bonchev–Trinajstić information content (AvgIpc) is 2.82. The zero-order valence-electron chi connectivity index (χ0n) is 16.9. The van der Waals surface area contributed by atoms with Gasteiger partial charge in [-0.1, -0.05) is 66.7 Å². The molecule has 4 aromatic rings. The van der Waals surface area contributed by atoms with E-state index in [9.17, 15) is 14.9 Å². The number of carbonyl (C=O) groups is 1. The van der Waals surface area contributed by atoms with Crippen molar-refractivity contribution in [1.82, 2.24) is 0 Å². The van der Waals surface area contributed by atoms with Gasteiger partial charge in [-0.25, -0.2) is 0 Å². The van der Waals surface area contributed by atoms with E-state index in [4.69, 9.17) is 0 Å². The Bertz CT molecular complexity index is 1300. The molecule has 0 spiro atoms. The predicted molar refractivity (Wildman–Crippen MR) is 125 cm³/mol. The lowest BCUT2D eigenvalue weighted by atomic mass is 10.0. The van der Waals surface area contributed by atoms with Crippen molar-refractivity contribution in [3.05, 3.63) is 118 Å². The molecule has 0 saturated heterocycles. The highest BCUT2D eigenvalue weighted by Gasteiger charge is 2.18. The van der Waals surface area contributed by atoms with E-state index in [1.54, 1.807) is 36.2 Å². The Labute approximate surface area is 180 Å². The van der Waals surface area contributed by atoms with Crippen LogP contribution in [0.15, 0.2) is 97.1 Å². The molecule has 0 atom stereocenters. The van der Waals surface area contributed by atoms with Crippen LogP contribution in [0.25, 0.3) is 16.8 Å². The molecule has 5 heteroatoms. The number of ketones is 1. The zero-order valence-corrected chi connectivity index (χ0v) is 16.9. The zero-order chi connectivity index (χ0) is 21.8. The van der Waals surface area contributed by atoms with Crippen LogP contribution in [0.5, 0.6) is 0 Å². The predicted octanol–water partition coefficient (Wildman–Crippen LogP) is 6.41. The fraction of sp³-hybridized carbons (Fsp3) is 0.0385. The van der Waals surface area contributed by atoms with Crippen molar-refractivity contribution in [1.29, 1.82) is 0 Å². The number of anilines is 2. The number of hydrogen-bond acceptors (Lipinski definition) is 4. The molecule has 0 amide bonds. The molecule has 0 fully saturated rings. The van der Waals surface area contributed by atoms with Gasteiger partial charge in [-0.2, -0.15) is 0 Å². The van der Waals surface area contributed by atoms with E-state index >= 15 is 0 Å². The maximum atomic E-state index is 12.6. The van der Waals surface area contributed by atoms with Crippen molar-refractivity contribution in [2.24, 2.45) is 0 Å². The normalized spacial score (nSPS) is 11.0. The molecule has 152 valence electrons. The van der Waals surface area contributed by atoms with Crippen LogP contribution in [0, 0.1) is 10.1 Å². The number of rotatable bonds is 6. The molecule has 0 aliphatic heterocycles. The number of fused-ring (bicyclic) bond motifs is 1. The summed E-state index contributed by atoms with van der Waals surface area (Å²) < 4.78 is 0. The first-order valence-corrected chi connectivity index (χ1v) is 9.81. The monoisotopic (exact) mass is 408 g/mol. The minimum absolute atomic E-state index is 0.0216. The van der Waals surface area contributed by atoms with Crippen LogP contribution in [-0.2, 0) is 0 Å². The molecule has 0 N–H and O–H groups in total. The largest absolute Gasteiger partial charge is 0.339 e. The number of nitro groups is 1. The first-order chi connectivity index (χ1) is 15.0.